The van der Waals surface area contributed by atoms with E-state index >= 15 is 0 Å². The Morgan fingerprint density at radius 1 is 1.42 bits per heavy atom. The summed E-state index contributed by atoms with van der Waals surface area (Å²) in [4.78, 5) is 13.9. The maximum atomic E-state index is 13.1. The molecule has 1 aromatic carbocycles. The van der Waals surface area contributed by atoms with Crippen molar-refractivity contribution in [2.24, 2.45) is 0 Å². The predicted octanol–water partition coefficient (Wildman–Crippen LogP) is 3.99. The van der Waals surface area contributed by atoms with E-state index in [1.807, 2.05) is 0 Å². The minimum Gasteiger partial charge on any atom is -0.437 e. The van der Waals surface area contributed by atoms with Crippen molar-refractivity contribution in [2.75, 3.05) is 0 Å². The van der Waals surface area contributed by atoms with Gasteiger partial charge in [0, 0.05) is 17.7 Å². The minimum absolute atomic E-state index is 0.122. The van der Waals surface area contributed by atoms with Crippen molar-refractivity contribution in [2.45, 2.75) is 6.92 Å². The zero-order valence-electron chi connectivity index (χ0n) is 9.76. The van der Waals surface area contributed by atoms with E-state index in [9.17, 15) is 14.5 Å². The zero-order chi connectivity index (χ0) is 14.0. The number of rotatable bonds is 3. The first-order valence-corrected chi connectivity index (χ1v) is 6.00. The van der Waals surface area contributed by atoms with Gasteiger partial charge in [0.1, 0.15) is 17.8 Å². The van der Waals surface area contributed by atoms with Crippen LogP contribution in [-0.4, -0.2) is 9.91 Å². The maximum Gasteiger partial charge on any atom is 0.288 e. The lowest BCUT2D eigenvalue weighted by Crippen LogP contribution is -1.95. The molecule has 98 valence electrons. The van der Waals surface area contributed by atoms with Gasteiger partial charge in [0.25, 0.3) is 5.69 Å². The van der Waals surface area contributed by atoms with Gasteiger partial charge in [-0.15, -0.1) is 0 Å². The van der Waals surface area contributed by atoms with Gasteiger partial charge in [0.15, 0.2) is 0 Å². The number of benzene rings is 1. The molecule has 19 heavy (non-hydrogen) atoms. The lowest BCUT2D eigenvalue weighted by molar-refractivity contribution is -0.385. The molecule has 1 heterocycles. The van der Waals surface area contributed by atoms with E-state index in [0.717, 1.165) is 6.20 Å². The molecule has 7 heteroatoms. The van der Waals surface area contributed by atoms with Crippen LogP contribution in [0.2, 0.25) is 0 Å². The van der Waals surface area contributed by atoms with Crippen molar-refractivity contribution in [3.05, 3.63) is 56.4 Å². The van der Waals surface area contributed by atoms with Gasteiger partial charge in [-0.1, -0.05) is 0 Å². The van der Waals surface area contributed by atoms with Crippen molar-refractivity contribution >= 4 is 21.6 Å². The van der Waals surface area contributed by atoms with Gasteiger partial charge in [0.2, 0.25) is 5.88 Å². The average Bonchev–Trinajstić information content (AvgIpc) is 2.36. The van der Waals surface area contributed by atoms with Crippen molar-refractivity contribution in [3.63, 3.8) is 0 Å². The maximum absolute atomic E-state index is 13.1. The summed E-state index contributed by atoms with van der Waals surface area (Å²) in [6.07, 6.45) is 1.09. The molecule has 2 aromatic rings. The van der Waals surface area contributed by atoms with E-state index in [0.29, 0.717) is 10.0 Å². The molecule has 0 spiro atoms. The Labute approximate surface area is 116 Å². The number of nitrogens with zero attached hydrogens (tertiary/aromatic N) is 2. The summed E-state index contributed by atoms with van der Waals surface area (Å²) in [5.74, 6) is -0.000817. The van der Waals surface area contributed by atoms with E-state index < -0.39 is 10.7 Å². The Hall–Kier alpha value is -2.02. The smallest absolute Gasteiger partial charge is 0.288 e. The fourth-order valence-corrected chi connectivity index (χ4v) is 1.74. The lowest BCUT2D eigenvalue weighted by atomic mass is 10.3. The molecule has 0 saturated heterocycles. The molecule has 0 bridgehead atoms. The van der Waals surface area contributed by atoms with Crippen LogP contribution in [0.4, 0.5) is 10.1 Å². The molecule has 0 radical (unpaired) electrons. The quantitative estimate of drug-likeness (QED) is 0.631. The van der Waals surface area contributed by atoms with Gasteiger partial charge in [0.05, 0.1) is 9.40 Å². The number of ether oxygens (including phenoxy) is 1. The van der Waals surface area contributed by atoms with Crippen LogP contribution in [-0.2, 0) is 0 Å². The molecule has 1 aromatic heterocycles. The minimum atomic E-state index is -0.540. The number of pyridine rings is 1. The van der Waals surface area contributed by atoms with Crippen LogP contribution in [0.15, 0.2) is 34.9 Å². The van der Waals surface area contributed by atoms with Gasteiger partial charge in [-0.25, -0.2) is 9.37 Å². The van der Waals surface area contributed by atoms with E-state index in [4.69, 9.17) is 4.74 Å². The summed E-state index contributed by atoms with van der Waals surface area (Å²) in [6.45, 7) is 1.63. The first-order chi connectivity index (χ1) is 8.97. The topological polar surface area (TPSA) is 65.3 Å². The van der Waals surface area contributed by atoms with E-state index in [1.165, 1.54) is 24.3 Å². The molecular formula is C12H8BrFN2O3. The van der Waals surface area contributed by atoms with E-state index in [-0.39, 0.29) is 17.3 Å². The van der Waals surface area contributed by atoms with Gasteiger partial charge in [-0.3, -0.25) is 10.1 Å². The number of hydrogen-bond donors (Lipinski definition) is 0. The summed E-state index contributed by atoms with van der Waals surface area (Å²) in [7, 11) is 0. The highest BCUT2D eigenvalue weighted by Gasteiger charge is 2.12. The lowest BCUT2D eigenvalue weighted by Gasteiger charge is -2.08. The normalized spacial score (nSPS) is 10.3. The van der Waals surface area contributed by atoms with Crippen LogP contribution < -0.4 is 4.74 Å². The zero-order valence-corrected chi connectivity index (χ0v) is 11.3. The molecule has 2 rings (SSSR count). The molecule has 0 atom stereocenters. The summed E-state index contributed by atoms with van der Waals surface area (Å²) in [5.41, 5.74) is 0.369. The van der Waals surface area contributed by atoms with Crippen molar-refractivity contribution in [3.8, 4) is 11.6 Å². The van der Waals surface area contributed by atoms with Gasteiger partial charge in [-0.2, -0.15) is 0 Å². The number of aromatic nitrogens is 1. The SMILES string of the molecule is Cc1cc([N+](=O)[O-])cnc1Oc1cc(F)ccc1Br. The van der Waals surface area contributed by atoms with Crippen molar-refractivity contribution < 1.29 is 14.1 Å². The van der Waals surface area contributed by atoms with Gasteiger partial charge >= 0.3 is 0 Å². The molecule has 5 nitrogen and oxygen atoms in total. The number of halogens is 2. The highest BCUT2D eigenvalue weighted by Crippen LogP contribution is 2.31. The third-order valence-electron chi connectivity index (χ3n) is 2.33. The first kappa shape index (κ1) is 13.4. The van der Waals surface area contributed by atoms with Crippen LogP contribution in [0.25, 0.3) is 0 Å². The first-order valence-electron chi connectivity index (χ1n) is 5.21. The van der Waals surface area contributed by atoms with Crippen molar-refractivity contribution in [1.82, 2.24) is 4.98 Å². The number of hydrogen-bond acceptors (Lipinski definition) is 4. The summed E-state index contributed by atoms with van der Waals surface area (Å²) in [5, 5.41) is 10.6. The second kappa shape index (κ2) is 5.31. The average molecular weight is 327 g/mol. The second-order valence-corrected chi connectivity index (χ2v) is 4.60. The monoisotopic (exact) mass is 326 g/mol. The molecule has 0 aliphatic heterocycles. The Bertz CT molecular complexity index is 649. The van der Waals surface area contributed by atoms with Crippen LogP contribution >= 0.6 is 15.9 Å². The number of aryl methyl sites for hydroxylation is 1. The summed E-state index contributed by atoms with van der Waals surface area (Å²) >= 11 is 3.22. The third-order valence-corrected chi connectivity index (χ3v) is 2.98. The Morgan fingerprint density at radius 2 is 2.16 bits per heavy atom. The Kier molecular flexibility index (Phi) is 3.75. The molecule has 0 amide bonds. The highest BCUT2D eigenvalue weighted by molar-refractivity contribution is 9.10. The van der Waals surface area contributed by atoms with Gasteiger partial charge in [-0.05, 0) is 35.0 Å². The summed E-state index contributed by atoms with van der Waals surface area (Å²) < 4.78 is 19.1. The molecule has 0 fully saturated rings. The van der Waals surface area contributed by atoms with Crippen molar-refractivity contribution in [1.29, 1.82) is 0 Å². The van der Waals surface area contributed by atoms with Crippen LogP contribution in [0.5, 0.6) is 11.6 Å². The fraction of sp³-hybridized carbons (Fsp3) is 0.0833. The molecule has 0 unspecified atom stereocenters. The second-order valence-electron chi connectivity index (χ2n) is 3.75. The standard InChI is InChI=1S/C12H8BrFN2O3/c1-7-4-9(16(17)18)6-15-12(7)19-11-5-8(14)2-3-10(11)13/h2-6H,1H3. The molecule has 0 saturated carbocycles. The summed E-state index contributed by atoms with van der Waals surface area (Å²) in [6, 6.07) is 5.33. The molecule has 0 N–H and O–H groups in total. The molecule has 0 aliphatic carbocycles. The van der Waals surface area contributed by atoms with Gasteiger partial charge < -0.3 is 4.74 Å². The predicted molar refractivity (Wildman–Crippen MR) is 69.8 cm³/mol. The third kappa shape index (κ3) is 3.05. The molecular weight excluding hydrogens is 319 g/mol. The van der Waals surface area contributed by atoms with E-state index in [2.05, 4.69) is 20.9 Å². The fourth-order valence-electron chi connectivity index (χ4n) is 1.41. The number of nitro groups is 1. The van der Waals surface area contributed by atoms with Crippen LogP contribution in [0.3, 0.4) is 0 Å². The van der Waals surface area contributed by atoms with Crippen LogP contribution in [0.1, 0.15) is 5.56 Å². The molecule has 0 aliphatic rings. The Morgan fingerprint density at radius 3 is 2.79 bits per heavy atom. The largest absolute Gasteiger partial charge is 0.437 e. The van der Waals surface area contributed by atoms with Crippen LogP contribution in [0, 0.1) is 22.9 Å². The van der Waals surface area contributed by atoms with E-state index in [1.54, 1.807) is 6.92 Å². The highest BCUT2D eigenvalue weighted by atomic mass is 79.9. The Balaban J connectivity index is 2.33.